The van der Waals surface area contributed by atoms with Crippen molar-refractivity contribution in [2.75, 3.05) is 7.11 Å². The first-order chi connectivity index (χ1) is 11.5. The van der Waals surface area contributed by atoms with E-state index in [9.17, 15) is 15.0 Å². The summed E-state index contributed by atoms with van der Waals surface area (Å²) in [5.74, 6) is -0.111. The fraction of sp³-hybridized carbons (Fsp3) is 0.105. The molecule has 3 rings (SSSR count). The summed E-state index contributed by atoms with van der Waals surface area (Å²) in [6.45, 7) is 0. The molecule has 5 heteroatoms. The third kappa shape index (κ3) is 2.72. The highest BCUT2D eigenvalue weighted by molar-refractivity contribution is 6.01. The molecule has 2 N–H and O–H groups in total. The van der Waals surface area contributed by atoms with Crippen LogP contribution in [0.25, 0.3) is 22.3 Å². The Balaban J connectivity index is 2.27. The van der Waals surface area contributed by atoms with Crippen LogP contribution in [0.1, 0.15) is 10.5 Å². The summed E-state index contributed by atoms with van der Waals surface area (Å²) in [5.41, 5.74) is 3.63. The Hall–Kier alpha value is -3.21. The Kier molecular flexibility index (Phi) is 4.00. The molecule has 0 unspecified atom stereocenters. The van der Waals surface area contributed by atoms with E-state index in [1.54, 1.807) is 60.1 Å². The first kappa shape index (κ1) is 15.7. The van der Waals surface area contributed by atoms with E-state index in [1.807, 2.05) is 6.20 Å². The van der Waals surface area contributed by atoms with Crippen LogP contribution in [-0.2, 0) is 11.8 Å². The second-order valence-corrected chi connectivity index (χ2v) is 5.46. The van der Waals surface area contributed by atoms with Crippen LogP contribution >= 0.6 is 0 Å². The number of nitrogens with zero attached hydrogens (tertiary/aromatic N) is 1. The molecular weight excluding hydrogens is 306 g/mol. The number of aryl methyl sites for hydroxylation is 1. The molecule has 0 fully saturated rings. The lowest BCUT2D eigenvalue weighted by Crippen LogP contribution is -2.08. The number of methoxy groups -OCH3 is 1. The molecule has 0 amide bonds. The van der Waals surface area contributed by atoms with Crippen LogP contribution in [0.15, 0.2) is 54.7 Å². The molecule has 0 aliphatic rings. The number of phenolic OH excluding ortho intramolecular Hbond substituents is 2. The van der Waals surface area contributed by atoms with Gasteiger partial charge in [0.1, 0.15) is 17.2 Å². The third-order valence-corrected chi connectivity index (χ3v) is 3.89. The number of esters is 1. The Morgan fingerprint density at radius 1 is 0.917 bits per heavy atom. The Labute approximate surface area is 139 Å². The van der Waals surface area contributed by atoms with E-state index in [-0.39, 0.29) is 11.5 Å². The van der Waals surface area contributed by atoms with Crippen LogP contribution in [-0.4, -0.2) is 27.9 Å². The highest BCUT2D eigenvalue weighted by atomic mass is 16.5. The number of aromatic hydroxyl groups is 2. The van der Waals surface area contributed by atoms with E-state index in [4.69, 9.17) is 4.74 Å². The van der Waals surface area contributed by atoms with Gasteiger partial charge in [0, 0.05) is 24.4 Å². The predicted octanol–water partition coefficient (Wildman–Crippen LogP) is 3.56. The zero-order valence-corrected chi connectivity index (χ0v) is 13.4. The first-order valence-electron chi connectivity index (χ1n) is 7.37. The SMILES string of the molecule is COC(=O)c1c(-c2ccc(O)cc2)c(-c2ccc(O)cc2)cn1C. The van der Waals surface area contributed by atoms with Gasteiger partial charge in [-0.05, 0) is 35.4 Å². The van der Waals surface area contributed by atoms with Gasteiger partial charge in [-0.2, -0.15) is 0 Å². The van der Waals surface area contributed by atoms with E-state index in [0.29, 0.717) is 5.69 Å². The Bertz CT molecular complexity index is 877. The molecule has 0 spiro atoms. The highest BCUT2D eigenvalue weighted by Gasteiger charge is 2.23. The van der Waals surface area contributed by atoms with Gasteiger partial charge in [-0.15, -0.1) is 0 Å². The van der Waals surface area contributed by atoms with Crippen molar-refractivity contribution in [2.45, 2.75) is 0 Å². The van der Waals surface area contributed by atoms with E-state index >= 15 is 0 Å². The molecule has 0 saturated carbocycles. The largest absolute Gasteiger partial charge is 0.508 e. The van der Waals surface area contributed by atoms with Gasteiger partial charge in [0.05, 0.1) is 7.11 Å². The van der Waals surface area contributed by atoms with E-state index in [0.717, 1.165) is 22.3 Å². The smallest absolute Gasteiger partial charge is 0.355 e. The van der Waals surface area contributed by atoms with Crippen LogP contribution in [0, 0.1) is 0 Å². The number of benzene rings is 2. The lowest BCUT2D eigenvalue weighted by atomic mass is 9.96. The van der Waals surface area contributed by atoms with Crippen molar-refractivity contribution in [2.24, 2.45) is 7.05 Å². The molecule has 2 aromatic carbocycles. The maximum atomic E-state index is 12.3. The standard InChI is InChI=1S/C19H17NO4/c1-20-11-16(12-3-7-14(21)8-4-12)17(18(20)19(23)24-2)13-5-9-15(22)10-6-13/h3-11,21-22H,1-2H3. The summed E-state index contributed by atoms with van der Waals surface area (Å²) in [7, 11) is 3.12. The maximum absolute atomic E-state index is 12.3. The van der Waals surface area contributed by atoms with Crippen LogP contribution in [0.3, 0.4) is 0 Å². The lowest BCUT2D eigenvalue weighted by Gasteiger charge is -2.09. The highest BCUT2D eigenvalue weighted by Crippen LogP contribution is 2.37. The number of carbonyl (C=O) groups is 1. The summed E-state index contributed by atoms with van der Waals surface area (Å²) in [6, 6.07) is 13.4. The van der Waals surface area contributed by atoms with Gasteiger partial charge in [0.15, 0.2) is 0 Å². The minimum Gasteiger partial charge on any atom is -0.508 e. The van der Waals surface area contributed by atoms with Crippen molar-refractivity contribution in [3.8, 4) is 33.8 Å². The summed E-state index contributed by atoms with van der Waals surface area (Å²) in [4.78, 5) is 12.3. The van der Waals surface area contributed by atoms with E-state index in [2.05, 4.69) is 0 Å². The van der Waals surface area contributed by atoms with Crippen molar-refractivity contribution in [3.05, 3.63) is 60.4 Å². The number of hydrogen-bond acceptors (Lipinski definition) is 4. The van der Waals surface area contributed by atoms with Crippen molar-refractivity contribution < 1.29 is 19.7 Å². The Morgan fingerprint density at radius 3 is 1.92 bits per heavy atom. The molecule has 0 bridgehead atoms. The summed E-state index contributed by atoms with van der Waals surface area (Å²) < 4.78 is 6.64. The molecule has 5 nitrogen and oxygen atoms in total. The summed E-state index contributed by atoms with van der Waals surface area (Å²) in [5, 5.41) is 19.0. The average molecular weight is 323 g/mol. The zero-order valence-electron chi connectivity index (χ0n) is 13.4. The van der Waals surface area contributed by atoms with Crippen molar-refractivity contribution in [1.29, 1.82) is 0 Å². The molecule has 122 valence electrons. The summed E-state index contributed by atoms with van der Waals surface area (Å²) >= 11 is 0. The van der Waals surface area contributed by atoms with Gasteiger partial charge in [-0.1, -0.05) is 24.3 Å². The quantitative estimate of drug-likeness (QED) is 0.723. The number of rotatable bonds is 3. The molecule has 1 aromatic heterocycles. The number of carbonyl (C=O) groups excluding carboxylic acids is 1. The van der Waals surface area contributed by atoms with Gasteiger partial charge in [-0.25, -0.2) is 4.79 Å². The minimum absolute atomic E-state index is 0.153. The minimum atomic E-state index is -0.439. The molecule has 0 radical (unpaired) electrons. The second kappa shape index (κ2) is 6.12. The van der Waals surface area contributed by atoms with Gasteiger partial charge >= 0.3 is 5.97 Å². The van der Waals surface area contributed by atoms with Crippen LogP contribution < -0.4 is 0 Å². The van der Waals surface area contributed by atoms with Crippen LogP contribution in [0.2, 0.25) is 0 Å². The van der Waals surface area contributed by atoms with E-state index < -0.39 is 5.97 Å². The first-order valence-corrected chi connectivity index (χ1v) is 7.37. The number of phenols is 2. The van der Waals surface area contributed by atoms with Crippen molar-refractivity contribution in [3.63, 3.8) is 0 Å². The van der Waals surface area contributed by atoms with Gasteiger partial charge in [0.25, 0.3) is 0 Å². The predicted molar refractivity (Wildman–Crippen MR) is 91.0 cm³/mol. The van der Waals surface area contributed by atoms with Crippen molar-refractivity contribution >= 4 is 5.97 Å². The van der Waals surface area contributed by atoms with Crippen molar-refractivity contribution in [1.82, 2.24) is 4.57 Å². The topological polar surface area (TPSA) is 71.7 Å². The molecule has 24 heavy (non-hydrogen) atoms. The van der Waals surface area contributed by atoms with Gasteiger partial charge in [-0.3, -0.25) is 0 Å². The number of hydrogen-bond donors (Lipinski definition) is 2. The molecule has 1 heterocycles. The molecular formula is C19H17NO4. The van der Waals surface area contributed by atoms with E-state index in [1.165, 1.54) is 7.11 Å². The maximum Gasteiger partial charge on any atom is 0.355 e. The average Bonchev–Trinajstić information content (AvgIpc) is 2.93. The number of aromatic nitrogens is 1. The second-order valence-electron chi connectivity index (χ2n) is 5.46. The third-order valence-electron chi connectivity index (χ3n) is 3.89. The molecule has 0 aliphatic carbocycles. The zero-order chi connectivity index (χ0) is 17.3. The van der Waals surface area contributed by atoms with Crippen LogP contribution in [0.5, 0.6) is 11.5 Å². The lowest BCUT2D eigenvalue weighted by molar-refractivity contribution is 0.0591. The molecule has 0 atom stereocenters. The summed E-state index contributed by atoms with van der Waals surface area (Å²) in [6.07, 6.45) is 1.85. The molecule has 0 saturated heterocycles. The fourth-order valence-corrected chi connectivity index (χ4v) is 2.75. The van der Waals surface area contributed by atoms with Crippen LogP contribution in [0.4, 0.5) is 0 Å². The Morgan fingerprint density at radius 2 is 1.42 bits per heavy atom. The molecule has 3 aromatic rings. The monoisotopic (exact) mass is 323 g/mol. The molecule has 0 aliphatic heterocycles. The fourth-order valence-electron chi connectivity index (χ4n) is 2.75. The number of ether oxygens (including phenoxy) is 1. The van der Waals surface area contributed by atoms with Gasteiger partial charge < -0.3 is 19.5 Å². The normalized spacial score (nSPS) is 10.6. The van der Waals surface area contributed by atoms with Gasteiger partial charge in [0.2, 0.25) is 0 Å².